The molecule has 0 heterocycles. The average molecular weight is 319 g/mol. The molecule has 2 nitrogen and oxygen atoms in total. The Balaban J connectivity index is 1.89. The van der Waals surface area contributed by atoms with Crippen molar-refractivity contribution in [2.75, 3.05) is 19.6 Å². The minimum absolute atomic E-state index is 0.202. The Morgan fingerprint density at radius 1 is 0.913 bits per heavy atom. The summed E-state index contributed by atoms with van der Waals surface area (Å²) in [6.07, 6.45) is 2.58. The van der Waals surface area contributed by atoms with Crippen LogP contribution in [0.15, 0.2) is 42.5 Å². The van der Waals surface area contributed by atoms with Crippen LogP contribution in [0.3, 0.4) is 0 Å². The molecule has 0 amide bonds. The largest absolute Gasteiger partial charge is 0.505 e. The summed E-state index contributed by atoms with van der Waals surface area (Å²) in [5, 5.41) is 9.42. The molecular weight excluding hydrogens is 296 g/mol. The molecule has 2 aromatic carbocycles. The van der Waals surface area contributed by atoms with E-state index in [2.05, 4.69) is 11.8 Å². The molecule has 0 bridgehead atoms. The summed E-state index contributed by atoms with van der Waals surface area (Å²) in [6.45, 7) is 4.76. The molecule has 0 saturated heterocycles. The van der Waals surface area contributed by atoms with Crippen LogP contribution in [0.2, 0.25) is 0 Å². The molecule has 0 aliphatic carbocycles. The van der Waals surface area contributed by atoms with E-state index in [1.54, 1.807) is 18.2 Å². The smallest absolute Gasteiger partial charge is 0.164 e. The molecule has 0 fully saturated rings. The van der Waals surface area contributed by atoms with Gasteiger partial charge in [0.15, 0.2) is 11.6 Å². The first-order valence-corrected chi connectivity index (χ1v) is 8.02. The molecule has 0 atom stereocenters. The maximum Gasteiger partial charge on any atom is 0.164 e. The zero-order valence-corrected chi connectivity index (χ0v) is 13.4. The second-order valence-corrected chi connectivity index (χ2v) is 5.76. The van der Waals surface area contributed by atoms with Crippen LogP contribution in [-0.2, 0) is 12.8 Å². The van der Waals surface area contributed by atoms with Crippen molar-refractivity contribution in [3.05, 3.63) is 65.2 Å². The molecule has 0 aliphatic heterocycles. The Morgan fingerprint density at radius 3 is 2.22 bits per heavy atom. The average Bonchev–Trinajstić information content (AvgIpc) is 2.53. The summed E-state index contributed by atoms with van der Waals surface area (Å²) >= 11 is 0. The summed E-state index contributed by atoms with van der Waals surface area (Å²) in [5.41, 5.74) is 1.90. The number of halogens is 2. The zero-order chi connectivity index (χ0) is 16.7. The van der Waals surface area contributed by atoms with Crippen molar-refractivity contribution in [1.29, 1.82) is 0 Å². The number of hydrogen-bond donors (Lipinski definition) is 1. The van der Waals surface area contributed by atoms with Crippen molar-refractivity contribution < 1.29 is 13.9 Å². The van der Waals surface area contributed by atoms with Crippen molar-refractivity contribution in [2.45, 2.75) is 26.2 Å². The number of hydrogen-bond acceptors (Lipinski definition) is 2. The van der Waals surface area contributed by atoms with Gasteiger partial charge in [-0.1, -0.05) is 25.1 Å². The molecule has 0 saturated carbocycles. The predicted molar refractivity (Wildman–Crippen MR) is 88.6 cm³/mol. The Morgan fingerprint density at radius 2 is 1.61 bits per heavy atom. The molecule has 124 valence electrons. The van der Waals surface area contributed by atoms with E-state index in [0.717, 1.165) is 50.0 Å². The van der Waals surface area contributed by atoms with Gasteiger partial charge in [-0.25, -0.2) is 8.78 Å². The Labute approximate surface area is 136 Å². The van der Waals surface area contributed by atoms with Gasteiger partial charge < -0.3 is 10.0 Å². The van der Waals surface area contributed by atoms with Crippen molar-refractivity contribution in [2.24, 2.45) is 0 Å². The van der Waals surface area contributed by atoms with E-state index in [4.69, 9.17) is 0 Å². The first-order chi connectivity index (χ1) is 11.1. The van der Waals surface area contributed by atoms with E-state index >= 15 is 0 Å². The number of phenols is 1. The minimum Gasteiger partial charge on any atom is -0.505 e. The fourth-order valence-electron chi connectivity index (χ4n) is 2.63. The fourth-order valence-corrected chi connectivity index (χ4v) is 2.63. The summed E-state index contributed by atoms with van der Waals surface area (Å²) in [7, 11) is 0. The van der Waals surface area contributed by atoms with Crippen molar-refractivity contribution in [1.82, 2.24) is 4.90 Å². The highest BCUT2D eigenvalue weighted by Gasteiger charge is 2.07. The van der Waals surface area contributed by atoms with E-state index in [-0.39, 0.29) is 11.6 Å². The SMILES string of the molecule is CCCN(CCc1cccc(F)c1)CCc1ccc(F)c(O)c1. The summed E-state index contributed by atoms with van der Waals surface area (Å²) in [6, 6.07) is 11.2. The number of phenolic OH excluding ortho intramolecular Hbond substituents is 1. The highest BCUT2D eigenvalue weighted by atomic mass is 19.1. The maximum atomic E-state index is 13.2. The summed E-state index contributed by atoms with van der Waals surface area (Å²) < 4.78 is 26.3. The quantitative estimate of drug-likeness (QED) is 0.789. The first-order valence-electron chi connectivity index (χ1n) is 8.02. The fraction of sp³-hybridized carbons (Fsp3) is 0.368. The van der Waals surface area contributed by atoms with Gasteiger partial charge in [-0.3, -0.25) is 0 Å². The Kier molecular flexibility index (Phi) is 6.53. The van der Waals surface area contributed by atoms with Crippen LogP contribution in [0.25, 0.3) is 0 Å². The topological polar surface area (TPSA) is 23.5 Å². The molecule has 2 aromatic rings. The van der Waals surface area contributed by atoms with Crippen LogP contribution >= 0.6 is 0 Å². The van der Waals surface area contributed by atoms with E-state index in [9.17, 15) is 13.9 Å². The van der Waals surface area contributed by atoms with Gasteiger partial charge in [-0.15, -0.1) is 0 Å². The van der Waals surface area contributed by atoms with E-state index in [1.165, 1.54) is 18.2 Å². The van der Waals surface area contributed by atoms with Crippen LogP contribution in [-0.4, -0.2) is 29.6 Å². The lowest BCUT2D eigenvalue weighted by Crippen LogP contribution is -2.29. The minimum atomic E-state index is -0.592. The van der Waals surface area contributed by atoms with Crippen LogP contribution in [0.1, 0.15) is 24.5 Å². The molecule has 0 spiro atoms. The van der Waals surface area contributed by atoms with Gasteiger partial charge in [0.2, 0.25) is 0 Å². The molecule has 0 unspecified atom stereocenters. The van der Waals surface area contributed by atoms with Crippen LogP contribution < -0.4 is 0 Å². The molecule has 0 aromatic heterocycles. The monoisotopic (exact) mass is 319 g/mol. The maximum absolute atomic E-state index is 13.2. The van der Waals surface area contributed by atoms with E-state index < -0.39 is 5.82 Å². The zero-order valence-electron chi connectivity index (χ0n) is 13.4. The number of benzene rings is 2. The van der Waals surface area contributed by atoms with Crippen molar-refractivity contribution >= 4 is 0 Å². The lowest BCUT2D eigenvalue weighted by molar-refractivity contribution is 0.280. The van der Waals surface area contributed by atoms with Gasteiger partial charge >= 0.3 is 0 Å². The summed E-state index contributed by atoms with van der Waals surface area (Å²) in [4.78, 5) is 2.31. The number of rotatable bonds is 8. The molecule has 0 aliphatic rings. The van der Waals surface area contributed by atoms with Gasteiger partial charge in [0, 0.05) is 13.1 Å². The Bertz CT molecular complexity index is 631. The van der Waals surface area contributed by atoms with Crippen molar-refractivity contribution in [3.63, 3.8) is 0 Å². The molecule has 1 N–H and O–H groups in total. The third-order valence-corrected chi connectivity index (χ3v) is 3.87. The number of aromatic hydroxyl groups is 1. The molecule has 23 heavy (non-hydrogen) atoms. The first kappa shape index (κ1) is 17.4. The second kappa shape index (κ2) is 8.63. The standard InChI is InChI=1S/C19H23F2NO/c1-2-10-22(11-8-15-4-3-5-17(20)13-15)12-9-16-6-7-18(21)19(23)14-16/h3-7,13-14,23H,2,8-12H2,1H3. The van der Waals surface area contributed by atoms with Crippen LogP contribution in [0, 0.1) is 11.6 Å². The Hall–Kier alpha value is -1.94. The highest BCUT2D eigenvalue weighted by Crippen LogP contribution is 2.17. The van der Waals surface area contributed by atoms with Gasteiger partial charge in [-0.05, 0) is 61.2 Å². The van der Waals surface area contributed by atoms with Gasteiger partial charge in [-0.2, -0.15) is 0 Å². The van der Waals surface area contributed by atoms with Crippen LogP contribution in [0.4, 0.5) is 8.78 Å². The van der Waals surface area contributed by atoms with Gasteiger partial charge in [0.25, 0.3) is 0 Å². The van der Waals surface area contributed by atoms with Crippen LogP contribution in [0.5, 0.6) is 5.75 Å². The third kappa shape index (κ3) is 5.64. The predicted octanol–water partition coefficient (Wildman–Crippen LogP) is 4.17. The highest BCUT2D eigenvalue weighted by molar-refractivity contribution is 5.29. The normalized spacial score (nSPS) is 11.1. The lowest BCUT2D eigenvalue weighted by atomic mass is 10.1. The van der Waals surface area contributed by atoms with Gasteiger partial charge in [0.1, 0.15) is 5.82 Å². The van der Waals surface area contributed by atoms with E-state index in [0.29, 0.717) is 0 Å². The van der Waals surface area contributed by atoms with E-state index in [1.807, 2.05) is 6.07 Å². The molecule has 4 heteroatoms. The molecule has 2 rings (SSSR count). The number of nitrogens with zero attached hydrogens (tertiary/aromatic N) is 1. The van der Waals surface area contributed by atoms with Crippen molar-refractivity contribution in [3.8, 4) is 5.75 Å². The lowest BCUT2D eigenvalue weighted by Gasteiger charge is -2.21. The van der Waals surface area contributed by atoms with Gasteiger partial charge in [0.05, 0.1) is 0 Å². The third-order valence-electron chi connectivity index (χ3n) is 3.87. The second-order valence-electron chi connectivity index (χ2n) is 5.76. The molecular formula is C19H23F2NO. The molecule has 0 radical (unpaired) electrons. The summed E-state index contributed by atoms with van der Waals surface area (Å²) in [5.74, 6) is -1.10.